The molecule has 21 heavy (non-hydrogen) atoms. The molecule has 110 valence electrons. The average Bonchev–Trinajstić information content (AvgIpc) is 3.17. The van der Waals surface area contributed by atoms with Crippen LogP contribution in [0, 0.1) is 6.92 Å². The largest absolute Gasteiger partial charge is 0.376 e. The van der Waals surface area contributed by atoms with Gasteiger partial charge >= 0.3 is 0 Å². The summed E-state index contributed by atoms with van der Waals surface area (Å²) in [5.41, 5.74) is 3.31. The van der Waals surface area contributed by atoms with Crippen LogP contribution in [-0.2, 0) is 4.74 Å². The van der Waals surface area contributed by atoms with Crippen molar-refractivity contribution in [2.45, 2.75) is 25.9 Å². The summed E-state index contributed by atoms with van der Waals surface area (Å²) in [4.78, 5) is 13.1. The molecule has 0 bridgehead atoms. The Balaban J connectivity index is 1.72. The molecule has 1 aliphatic rings. The predicted octanol–water partition coefficient (Wildman–Crippen LogP) is 3.63. The van der Waals surface area contributed by atoms with Gasteiger partial charge in [0.2, 0.25) is 0 Å². The Morgan fingerprint density at radius 3 is 2.86 bits per heavy atom. The van der Waals surface area contributed by atoms with Gasteiger partial charge in [0, 0.05) is 18.7 Å². The van der Waals surface area contributed by atoms with E-state index in [0.717, 1.165) is 35.5 Å². The Morgan fingerprint density at radius 2 is 2.14 bits per heavy atom. The maximum Gasteiger partial charge on any atom is 0.262 e. The van der Waals surface area contributed by atoms with Crippen molar-refractivity contribution >= 4 is 17.2 Å². The fourth-order valence-electron chi connectivity index (χ4n) is 2.54. The lowest BCUT2D eigenvalue weighted by Crippen LogP contribution is -2.31. The number of hydrogen-bond acceptors (Lipinski definition) is 3. The first-order valence-corrected chi connectivity index (χ1v) is 8.16. The minimum atomic E-state index is -0.00363. The molecule has 4 heteroatoms. The highest BCUT2D eigenvalue weighted by Gasteiger charge is 2.19. The molecule has 2 heterocycles. The molecule has 1 unspecified atom stereocenters. The molecule has 3 rings (SSSR count). The van der Waals surface area contributed by atoms with Crippen molar-refractivity contribution in [3.05, 3.63) is 46.2 Å². The molecule has 1 atom stereocenters. The number of thiophene rings is 1. The van der Waals surface area contributed by atoms with Gasteiger partial charge in [0.25, 0.3) is 5.91 Å². The van der Waals surface area contributed by atoms with Crippen LogP contribution < -0.4 is 5.32 Å². The Kier molecular flexibility index (Phi) is 4.36. The maximum atomic E-state index is 12.4. The van der Waals surface area contributed by atoms with Crippen LogP contribution in [0.1, 0.15) is 28.1 Å². The molecule has 0 spiro atoms. The molecule has 1 N–H and O–H groups in total. The van der Waals surface area contributed by atoms with Crippen molar-refractivity contribution in [1.29, 1.82) is 0 Å². The quantitative estimate of drug-likeness (QED) is 0.936. The maximum absolute atomic E-state index is 12.4. The van der Waals surface area contributed by atoms with E-state index in [-0.39, 0.29) is 12.0 Å². The number of ether oxygens (including phenoxy) is 1. The second-order valence-corrected chi connectivity index (χ2v) is 6.29. The molecule has 1 aromatic heterocycles. The first-order valence-electron chi connectivity index (χ1n) is 7.28. The van der Waals surface area contributed by atoms with E-state index in [2.05, 4.69) is 36.5 Å². The summed E-state index contributed by atoms with van der Waals surface area (Å²) in [5, 5.41) is 4.96. The molecule has 0 radical (unpaired) electrons. The predicted molar refractivity (Wildman–Crippen MR) is 85.8 cm³/mol. The van der Waals surface area contributed by atoms with Crippen LogP contribution in [0.2, 0.25) is 0 Å². The number of aryl methyl sites for hydroxylation is 1. The standard InChI is InChI=1S/C17H19NO2S/c1-12-4-6-13(7-5-12)15-8-10-21-16(15)17(19)18-11-14-3-2-9-20-14/h4-8,10,14H,2-3,9,11H2,1H3,(H,18,19). The molecule has 1 aliphatic heterocycles. The van der Waals surface area contributed by atoms with Gasteiger partial charge in [-0.2, -0.15) is 0 Å². The summed E-state index contributed by atoms with van der Waals surface area (Å²) in [5.74, 6) is -0.00363. The smallest absolute Gasteiger partial charge is 0.262 e. The highest BCUT2D eigenvalue weighted by molar-refractivity contribution is 7.12. The van der Waals surface area contributed by atoms with Crippen LogP contribution in [-0.4, -0.2) is 25.2 Å². The van der Waals surface area contributed by atoms with Crippen molar-refractivity contribution in [3.8, 4) is 11.1 Å². The number of carbonyl (C=O) groups is 1. The zero-order valence-corrected chi connectivity index (χ0v) is 12.9. The molecule has 0 saturated carbocycles. The van der Waals surface area contributed by atoms with Crippen molar-refractivity contribution in [2.24, 2.45) is 0 Å². The minimum absolute atomic E-state index is 0.00363. The number of benzene rings is 1. The minimum Gasteiger partial charge on any atom is -0.376 e. The number of hydrogen-bond donors (Lipinski definition) is 1. The van der Waals surface area contributed by atoms with Crippen molar-refractivity contribution in [1.82, 2.24) is 5.32 Å². The number of carbonyl (C=O) groups excluding carboxylic acids is 1. The Hall–Kier alpha value is -1.65. The molecule has 3 nitrogen and oxygen atoms in total. The van der Waals surface area contributed by atoms with Gasteiger partial charge in [-0.25, -0.2) is 0 Å². The van der Waals surface area contributed by atoms with Gasteiger partial charge in [-0.1, -0.05) is 29.8 Å². The van der Waals surface area contributed by atoms with E-state index in [1.807, 2.05) is 11.4 Å². The summed E-state index contributed by atoms with van der Waals surface area (Å²) < 4.78 is 5.54. The average molecular weight is 301 g/mol. The zero-order chi connectivity index (χ0) is 14.7. The summed E-state index contributed by atoms with van der Waals surface area (Å²) in [6, 6.07) is 10.3. The lowest BCUT2D eigenvalue weighted by Gasteiger charge is -2.11. The van der Waals surface area contributed by atoms with E-state index in [9.17, 15) is 4.79 Å². The van der Waals surface area contributed by atoms with Gasteiger partial charge in [-0.05, 0) is 36.8 Å². The van der Waals surface area contributed by atoms with Crippen LogP contribution in [0.3, 0.4) is 0 Å². The highest BCUT2D eigenvalue weighted by Crippen LogP contribution is 2.28. The number of rotatable bonds is 4. The number of nitrogens with one attached hydrogen (secondary N) is 1. The van der Waals surface area contributed by atoms with E-state index in [1.165, 1.54) is 16.9 Å². The van der Waals surface area contributed by atoms with Crippen LogP contribution >= 0.6 is 11.3 Å². The van der Waals surface area contributed by atoms with Crippen molar-refractivity contribution in [2.75, 3.05) is 13.2 Å². The van der Waals surface area contributed by atoms with E-state index in [4.69, 9.17) is 4.74 Å². The lowest BCUT2D eigenvalue weighted by atomic mass is 10.0. The normalized spacial score (nSPS) is 17.9. The number of amides is 1. The van der Waals surface area contributed by atoms with Gasteiger partial charge in [-0.15, -0.1) is 11.3 Å². The van der Waals surface area contributed by atoms with Crippen LogP contribution in [0.5, 0.6) is 0 Å². The third-order valence-corrected chi connectivity index (χ3v) is 4.66. The van der Waals surface area contributed by atoms with E-state index >= 15 is 0 Å². The van der Waals surface area contributed by atoms with Gasteiger partial charge < -0.3 is 10.1 Å². The summed E-state index contributed by atoms with van der Waals surface area (Å²) in [6.45, 7) is 3.48. The van der Waals surface area contributed by atoms with Crippen LogP contribution in [0.4, 0.5) is 0 Å². The van der Waals surface area contributed by atoms with Crippen molar-refractivity contribution in [3.63, 3.8) is 0 Å². The first-order chi connectivity index (χ1) is 10.2. The van der Waals surface area contributed by atoms with Gasteiger partial charge in [-0.3, -0.25) is 4.79 Å². The fraction of sp³-hybridized carbons (Fsp3) is 0.353. The molecule has 1 fully saturated rings. The Labute approximate surface area is 129 Å². The topological polar surface area (TPSA) is 38.3 Å². The molecule has 1 saturated heterocycles. The van der Waals surface area contributed by atoms with E-state index < -0.39 is 0 Å². The summed E-state index contributed by atoms with van der Waals surface area (Å²) in [7, 11) is 0. The van der Waals surface area contributed by atoms with Crippen LogP contribution in [0.15, 0.2) is 35.7 Å². The first kappa shape index (κ1) is 14.3. The molecule has 1 aromatic carbocycles. The molecule has 2 aromatic rings. The zero-order valence-electron chi connectivity index (χ0n) is 12.1. The lowest BCUT2D eigenvalue weighted by molar-refractivity contribution is 0.0861. The second kappa shape index (κ2) is 6.41. The third kappa shape index (κ3) is 3.34. The second-order valence-electron chi connectivity index (χ2n) is 5.37. The monoisotopic (exact) mass is 301 g/mol. The van der Waals surface area contributed by atoms with Crippen molar-refractivity contribution < 1.29 is 9.53 Å². The fourth-order valence-corrected chi connectivity index (χ4v) is 3.37. The van der Waals surface area contributed by atoms with Gasteiger partial charge in [0.05, 0.1) is 11.0 Å². The molecule has 1 amide bonds. The Morgan fingerprint density at radius 1 is 1.33 bits per heavy atom. The molecular formula is C17H19NO2S. The van der Waals surface area contributed by atoms with Gasteiger partial charge in [0.1, 0.15) is 0 Å². The molecular weight excluding hydrogens is 282 g/mol. The highest BCUT2D eigenvalue weighted by atomic mass is 32.1. The summed E-state index contributed by atoms with van der Waals surface area (Å²) >= 11 is 1.49. The van der Waals surface area contributed by atoms with E-state index in [1.54, 1.807) is 0 Å². The van der Waals surface area contributed by atoms with E-state index in [0.29, 0.717) is 6.54 Å². The molecule has 0 aliphatic carbocycles. The summed E-state index contributed by atoms with van der Waals surface area (Å²) in [6.07, 6.45) is 2.31. The third-order valence-electron chi connectivity index (χ3n) is 3.75. The van der Waals surface area contributed by atoms with Crippen LogP contribution in [0.25, 0.3) is 11.1 Å². The SMILES string of the molecule is Cc1ccc(-c2ccsc2C(=O)NCC2CCCO2)cc1. The Bertz CT molecular complexity index is 612. The van der Waals surface area contributed by atoms with Gasteiger partial charge in [0.15, 0.2) is 0 Å².